The average Bonchev–Trinajstić information content (AvgIpc) is 2.91. The lowest BCUT2D eigenvalue weighted by molar-refractivity contribution is 0.474. The molecule has 1 aliphatic heterocycles. The molecule has 2 nitrogen and oxygen atoms in total. The van der Waals surface area contributed by atoms with Crippen molar-refractivity contribution in [2.24, 2.45) is 0 Å². The summed E-state index contributed by atoms with van der Waals surface area (Å²) in [6, 6.07) is 10.2. The molecule has 0 amide bonds. The maximum atomic E-state index is 13.7. The molecule has 102 valence electrons. The minimum Gasteiger partial charge on any atom is -0.508 e. The Labute approximate surface area is 115 Å². The van der Waals surface area contributed by atoms with E-state index in [1.165, 1.54) is 6.07 Å². The molecule has 1 aliphatic rings. The fraction of sp³-hybridized carbons (Fsp3) is 0.125. The molecule has 2 aromatic rings. The molecule has 1 heterocycles. The van der Waals surface area contributed by atoms with Gasteiger partial charge >= 0.3 is 0 Å². The number of rotatable bonds is 2. The van der Waals surface area contributed by atoms with E-state index in [4.69, 9.17) is 0 Å². The van der Waals surface area contributed by atoms with Crippen molar-refractivity contribution in [2.45, 2.75) is 6.04 Å². The molecular formula is C16H13F2NO. The van der Waals surface area contributed by atoms with Crippen LogP contribution in [0, 0.1) is 11.6 Å². The summed E-state index contributed by atoms with van der Waals surface area (Å²) in [5.74, 6) is -0.706. The Morgan fingerprint density at radius 2 is 1.95 bits per heavy atom. The molecular weight excluding hydrogens is 260 g/mol. The molecule has 4 heteroatoms. The van der Waals surface area contributed by atoms with Crippen LogP contribution in [-0.2, 0) is 0 Å². The summed E-state index contributed by atoms with van der Waals surface area (Å²) in [7, 11) is 0. The predicted octanol–water partition coefficient (Wildman–Crippen LogP) is 3.40. The van der Waals surface area contributed by atoms with Gasteiger partial charge in [0.25, 0.3) is 0 Å². The summed E-state index contributed by atoms with van der Waals surface area (Å²) >= 11 is 0. The monoisotopic (exact) mass is 273 g/mol. The molecule has 0 fully saturated rings. The molecule has 3 rings (SSSR count). The minimum atomic E-state index is -0.455. The first kappa shape index (κ1) is 12.8. The van der Waals surface area contributed by atoms with E-state index in [1.54, 1.807) is 18.2 Å². The van der Waals surface area contributed by atoms with E-state index in [0.29, 0.717) is 6.54 Å². The second-order valence-electron chi connectivity index (χ2n) is 4.77. The van der Waals surface area contributed by atoms with E-state index < -0.39 is 11.6 Å². The fourth-order valence-electron chi connectivity index (χ4n) is 2.40. The number of nitrogens with one attached hydrogen (secondary N) is 1. The maximum Gasteiger partial charge on any atom is 0.130 e. The van der Waals surface area contributed by atoms with E-state index in [0.717, 1.165) is 23.3 Å². The van der Waals surface area contributed by atoms with Crippen LogP contribution < -0.4 is 5.32 Å². The molecule has 1 atom stereocenters. The van der Waals surface area contributed by atoms with Crippen LogP contribution in [0.3, 0.4) is 0 Å². The molecule has 0 radical (unpaired) electrons. The van der Waals surface area contributed by atoms with Gasteiger partial charge in [-0.25, -0.2) is 8.78 Å². The maximum absolute atomic E-state index is 13.7. The molecule has 20 heavy (non-hydrogen) atoms. The largest absolute Gasteiger partial charge is 0.508 e. The zero-order valence-electron chi connectivity index (χ0n) is 10.6. The van der Waals surface area contributed by atoms with Crippen molar-refractivity contribution in [3.8, 4) is 5.75 Å². The van der Waals surface area contributed by atoms with Crippen LogP contribution >= 0.6 is 0 Å². The van der Waals surface area contributed by atoms with Gasteiger partial charge in [0.15, 0.2) is 0 Å². The van der Waals surface area contributed by atoms with Crippen LogP contribution in [0.4, 0.5) is 8.78 Å². The molecule has 2 aromatic carbocycles. The standard InChI is InChI=1S/C16H13F2NO/c17-12-4-5-15(18)14(8-12)11-7-16(19-9-11)10-2-1-3-13(20)6-10/h1-8,16,19-20H,9H2. The first-order valence-electron chi connectivity index (χ1n) is 6.32. The lowest BCUT2D eigenvalue weighted by Crippen LogP contribution is -2.14. The summed E-state index contributed by atoms with van der Waals surface area (Å²) < 4.78 is 27.0. The van der Waals surface area contributed by atoms with Crippen LogP contribution in [0.25, 0.3) is 5.57 Å². The molecule has 0 bridgehead atoms. The third kappa shape index (κ3) is 2.42. The SMILES string of the molecule is Oc1cccc(C2C=C(c3cc(F)ccc3F)CN2)c1. The van der Waals surface area contributed by atoms with Gasteiger partial charge in [-0.1, -0.05) is 18.2 Å². The highest BCUT2D eigenvalue weighted by Gasteiger charge is 2.20. The number of hydrogen-bond donors (Lipinski definition) is 2. The third-order valence-corrected chi connectivity index (χ3v) is 3.38. The van der Waals surface area contributed by atoms with E-state index in [2.05, 4.69) is 5.32 Å². The summed E-state index contributed by atoms with van der Waals surface area (Å²) in [4.78, 5) is 0. The Morgan fingerprint density at radius 1 is 1.10 bits per heavy atom. The van der Waals surface area contributed by atoms with Crippen LogP contribution in [0.1, 0.15) is 17.2 Å². The number of aromatic hydroxyl groups is 1. The van der Waals surface area contributed by atoms with Crippen LogP contribution in [0.2, 0.25) is 0 Å². The topological polar surface area (TPSA) is 32.3 Å². The van der Waals surface area contributed by atoms with E-state index in [1.807, 2.05) is 12.1 Å². The van der Waals surface area contributed by atoms with E-state index in [-0.39, 0.29) is 17.4 Å². The smallest absolute Gasteiger partial charge is 0.130 e. The Morgan fingerprint density at radius 3 is 2.75 bits per heavy atom. The van der Waals surface area contributed by atoms with Crippen molar-refractivity contribution in [1.82, 2.24) is 5.32 Å². The van der Waals surface area contributed by atoms with Gasteiger partial charge in [-0.15, -0.1) is 0 Å². The predicted molar refractivity (Wildman–Crippen MR) is 73.2 cm³/mol. The second-order valence-corrected chi connectivity index (χ2v) is 4.77. The molecule has 0 aliphatic carbocycles. The van der Waals surface area contributed by atoms with E-state index >= 15 is 0 Å². The van der Waals surface area contributed by atoms with Gasteiger partial charge in [-0.3, -0.25) is 0 Å². The quantitative estimate of drug-likeness (QED) is 0.879. The molecule has 2 N–H and O–H groups in total. The number of halogens is 2. The van der Waals surface area contributed by atoms with Crippen LogP contribution in [-0.4, -0.2) is 11.7 Å². The number of hydrogen-bond acceptors (Lipinski definition) is 2. The third-order valence-electron chi connectivity index (χ3n) is 3.38. The highest BCUT2D eigenvalue weighted by atomic mass is 19.1. The Bertz CT molecular complexity index is 682. The van der Waals surface area contributed by atoms with Crippen LogP contribution in [0.15, 0.2) is 48.5 Å². The highest BCUT2D eigenvalue weighted by Crippen LogP contribution is 2.29. The van der Waals surface area contributed by atoms with Crippen molar-refractivity contribution in [3.05, 3.63) is 71.3 Å². The zero-order chi connectivity index (χ0) is 14.1. The summed E-state index contributed by atoms with van der Waals surface area (Å²) in [5.41, 5.74) is 1.88. The van der Waals surface area contributed by atoms with Gasteiger partial charge in [-0.05, 0) is 41.5 Å². The second kappa shape index (κ2) is 5.06. The number of phenols is 1. The van der Waals surface area contributed by atoms with Gasteiger partial charge in [-0.2, -0.15) is 0 Å². The lowest BCUT2D eigenvalue weighted by atomic mass is 10.0. The van der Waals surface area contributed by atoms with Crippen LogP contribution in [0.5, 0.6) is 5.75 Å². The van der Waals surface area contributed by atoms with Gasteiger partial charge in [0.1, 0.15) is 17.4 Å². The van der Waals surface area contributed by atoms with Crippen molar-refractivity contribution in [1.29, 1.82) is 0 Å². The Kier molecular flexibility index (Phi) is 3.24. The van der Waals surface area contributed by atoms with E-state index in [9.17, 15) is 13.9 Å². The highest BCUT2D eigenvalue weighted by molar-refractivity contribution is 5.70. The fourth-order valence-corrected chi connectivity index (χ4v) is 2.40. The lowest BCUT2D eigenvalue weighted by Gasteiger charge is -2.08. The average molecular weight is 273 g/mol. The number of benzene rings is 2. The molecule has 1 unspecified atom stereocenters. The molecule has 0 aromatic heterocycles. The van der Waals surface area contributed by atoms with Gasteiger partial charge in [0.05, 0.1) is 6.04 Å². The first-order chi connectivity index (χ1) is 9.63. The zero-order valence-corrected chi connectivity index (χ0v) is 10.6. The summed E-state index contributed by atoms with van der Waals surface area (Å²) in [6.07, 6.45) is 1.85. The van der Waals surface area contributed by atoms with Crippen molar-refractivity contribution in [2.75, 3.05) is 6.54 Å². The van der Waals surface area contributed by atoms with Gasteiger partial charge in [0.2, 0.25) is 0 Å². The Balaban J connectivity index is 1.93. The molecule has 0 spiro atoms. The first-order valence-corrected chi connectivity index (χ1v) is 6.32. The summed E-state index contributed by atoms with van der Waals surface area (Å²) in [5, 5.41) is 12.7. The molecule has 0 saturated heterocycles. The Hall–Kier alpha value is -2.20. The van der Waals surface area contributed by atoms with Crippen molar-refractivity contribution < 1.29 is 13.9 Å². The molecule has 0 saturated carbocycles. The normalized spacial score (nSPS) is 18.1. The van der Waals surface area contributed by atoms with Gasteiger partial charge in [0, 0.05) is 12.1 Å². The van der Waals surface area contributed by atoms with Crippen molar-refractivity contribution >= 4 is 5.57 Å². The number of phenolic OH excluding ortho intramolecular Hbond substituents is 1. The summed E-state index contributed by atoms with van der Waals surface area (Å²) in [6.45, 7) is 0.459. The van der Waals surface area contributed by atoms with Crippen molar-refractivity contribution in [3.63, 3.8) is 0 Å². The van der Waals surface area contributed by atoms with Gasteiger partial charge < -0.3 is 10.4 Å². The minimum absolute atomic E-state index is 0.111.